The second-order valence-electron chi connectivity index (χ2n) is 5.50. The van der Waals surface area contributed by atoms with Crippen molar-refractivity contribution in [3.05, 3.63) is 78.6 Å². The summed E-state index contributed by atoms with van der Waals surface area (Å²) in [6.07, 6.45) is 1.77. The lowest BCUT2D eigenvalue weighted by Crippen LogP contribution is -1.94. The first-order chi connectivity index (χ1) is 11.8. The molecule has 1 heterocycles. The van der Waals surface area contributed by atoms with Gasteiger partial charge in [-0.3, -0.25) is 4.57 Å². The molecule has 0 atom stereocenters. The highest BCUT2D eigenvalue weighted by Gasteiger charge is 2.13. The van der Waals surface area contributed by atoms with E-state index in [0.717, 1.165) is 27.8 Å². The van der Waals surface area contributed by atoms with Gasteiger partial charge in [0.05, 0.1) is 22.7 Å². The highest BCUT2D eigenvalue weighted by Crippen LogP contribution is 2.32. The van der Waals surface area contributed by atoms with Gasteiger partial charge in [-0.1, -0.05) is 30.3 Å². The van der Waals surface area contributed by atoms with Crippen molar-refractivity contribution in [2.24, 2.45) is 0 Å². The number of imidazole rings is 1. The molecule has 4 rings (SSSR count). The maximum absolute atomic E-state index is 9.54. The van der Waals surface area contributed by atoms with E-state index in [1.807, 2.05) is 53.1 Å². The monoisotopic (exact) mass is 311 g/mol. The molecule has 0 bridgehead atoms. The van der Waals surface area contributed by atoms with Crippen LogP contribution in [0.4, 0.5) is 0 Å². The number of nitriles is 1. The van der Waals surface area contributed by atoms with Crippen LogP contribution in [0.1, 0.15) is 5.56 Å². The number of nitrogens with zero attached hydrogens (tertiary/aromatic N) is 3. The summed E-state index contributed by atoms with van der Waals surface area (Å²) < 4.78 is 2.01. The molecule has 0 unspecified atom stereocenters. The molecule has 4 aromatic rings. The topological polar surface area (TPSA) is 61.8 Å². The van der Waals surface area contributed by atoms with Crippen LogP contribution in [-0.4, -0.2) is 14.7 Å². The number of rotatable bonds is 2. The molecule has 0 fully saturated rings. The van der Waals surface area contributed by atoms with Crippen LogP contribution >= 0.6 is 0 Å². The van der Waals surface area contributed by atoms with Gasteiger partial charge in [0.2, 0.25) is 0 Å². The summed E-state index contributed by atoms with van der Waals surface area (Å²) in [5, 5.41) is 18.9. The van der Waals surface area contributed by atoms with Crippen LogP contribution in [0, 0.1) is 11.3 Å². The molecular weight excluding hydrogens is 298 g/mol. The van der Waals surface area contributed by atoms with Crippen LogP contribution in [0.15, 0.2) is 73.1 Å². The van der Waals surface area contributed by atoms with E-state index in [-0.39, 0.29) is 5.75 Å². The van der Waals surface area contributed by atoms with Crippen molar-refractivity contribution in [1.29, 1.82) is 5.26 Å². The molecule has 0 amide bonds. The molecule has 0 saturated carbocycles. The molecule has 0 spiro atoms. The van der Waals surface area contributed by atoms with E-state index in [0.29, 0.717) is 5.56 Å². The Bertz CT molecular complexity index is 1060. The first-order valence-electron chi connectivity index (χ1n) is 7.52. The predicted octanol–water partition coefficient (Wildman–Crippen LogP) is 4.27. The van der Waals surface area contributed by atoms with Crippen LogP contribution in [0.5, 0.6) is 5.75 Å². The Morgan fingerprint density at radius 1 is 0.958 bits per heavy atom. The number of phenols is 1. The molecule has 24 heavy (non-hydrogen) atoms. The van der Waals surface area contributed by atoms with E-state index < -0.39 is 0 Å². The fourth-order valence-corrected chi connectivity index (χ4v) is 2.86. The summed E-state index contributed by atoms with van der Waals surface area (Å²) in [4.78, 5) is 4.47. The molecule has 1 aromatic heterocycles. The fourth-order valence-electron chi connectivity index (χ4n) is 2.86. The highest BCUT2D eigenvalue weighted by molar-refractivity contribution is 5.94. The Morgan fingerprint density at radius 3 is 2.42 bits per heavy atom. The number of benzene rings is 3. The second kappa shape index (κ2) is 5.56. The third-order valence-electron chi connectivity index (χ3n) is 3.98. The zero-order valence-electron chi connectivity index (χ0n) is 12.7. The van der Waals surface area contributed by atoms with E-state index >= 15 is 0 Å². The third kappa shape index (κ3) is 2.29. The molecular formula is C20H13N3O. The first-order valence-corrected chi connectivity index (χ1v) is 7.52. The average molecular weight is 311 g/mol. The minimum atomic E-state index is 0.211. The molecule has 114 valence electrons. The zero-order valence-corrected chi connectivity index (χ0v) is 12.7. The Labute approximate surface area is 138 Å². The van der Waals surface area contributed by atoms with E-state index in [2.05, 4.69) is 11.1 Å². The predicted molar refractivity (Wildman–Crippen MR) is 92.9 cm³/mol. The minimum Gasteiger partial charge on any atom is -0.508 e. The quantitative estimate of drug-likeness (QED) is 0.601. The maximum atomic E-state index is 9.54. The number of hydrogen-bond acceptors (Lipinski definition) is 3. The Morgan fingerprint density at radius 2 is 1.71 bits per heavy atom. The molecule has 0 aliphatic heterocycles. The first kappa shape index (κ1) is 14.0. The van der Waals surface area contributed by atoms with Crippen molar-refractivity contribution in [3.63, 3.8) is 0 Å². The third-order valence-corrected chi connectivity index (χ3v) is 3.98. The minimum absolute atomic E-state index is 0.211. The van der Waals surface area contributed by atoms with Crippen LogP contribution < -0.4 is 0 Å². The van der Waals surface area contributed by atoms with Crippen molar-refractivity contribution in [2.75, 3.05) is 0 Å². The lowest BCUT2D eigenvalue weighted by atomic mass is 10.0. The average Bonchev–Trinajstić information content (AvgIpc) is 3.06. The Kier molecular flexibility index (Phi) is 3.25. The summed E-state index contributed by atoms with van der Waals surface area (Å²) in [6, 6.07) is 22.8. The van der Waals surface area contributed by atoms with Crippen LogP contribution in [0.25, 0.3) is 27.8 Å². The maximum Gasteiger partial charge on any atom is 0.115 e. The molecule has 0 radical (unpaired) electrons. The zero-order chi connectivity index (χ0) is 16.5. The van der Waals surface area contributed by atoms with Crippen molar-refractivity contribution in [3.8, 4) is 28.6 Å². The number of fused-ring (bicyclic) bond motifs is 1. The largest absolute Gasteiger partial charge is 0.508 e. The number of aromatic nitrogens is 2. The van der Waals surface area contributed by atoms with Gasteiger partial charge in [0.25, 0.3) is 0 Å². The van der Waals surface area contributed by atoms with Crippen LogP contribution in [0.3, 0.4) is 0 Å². The number of aromatic hydroxyl groups is 1. The standard InChI is InChI=1S/C20H13N3O/c21-12-14-10-18(15-6-8-17(24)9-7-15)20-19(11-14)22-13-23(20)16-4-2-1-3-5-16/h1-11,13,24H. The van der Waals surface area contributed by atoms with Gasteiger partial charge in [-0.15, -0.1) is 0 Å². The summed E-state index contributed by atoms with van der Waals surface area (Å²) in [6.45, 7) is 0. The summed E-state index contributed by atoms with van der Waals surface area (Å²) >= 11 is 0. The lowest BCUT2D eigenvalue weighted by Gasteiger charge is -2.10. The van der Waals surface area contributed by atoms with Gasteiger partial charge >= 0.3 is 0 Å². The van der Waals surface area contributed by atoms with E-state index in [4.69, 9.17) is 0 Å². The van der Waals surface area contributed by atoms with Gasteiger partial charge in [-0.05, 0) is 42.0 Å². The molecule has 4 heteroatoms. The van der Waals surface area contributed by atoms with Crippen LogP contribution in [0.2, 0.25) is 0 Å². The molecule has 0 saturated heterocycles. The molecule has 1 N–H and O–H groups in total. The van der Waals surface area contributed by atoms with Gasteiger partial charge in [-0.25, -0.2) is 4.98 Å². The number of hydrogen-bond donors (Lipinski definition) is 1. The molecule has 3 aromatic carbocycles. The summed E-state index contributed by atoms with van der Waals surface area (Å²) in [5.74, 6) is 0.211. The van der Waals surface area contributed by atoms with Gasteiger partial charge in [0.1, 0.15) is 12.1 Å². The highest BCUT2D eigenvalue weighted by atomic mass is 16.3. The van der Waals surface area contributed by atoms with E-state index in [1.54, 1.807) is 24.5 Å². The van der Waals surface area contributed by atoms with Crippen molar-refractivity contribution in [1.82, 2.24) is 9.55 Å². The summed E-state index contributed by atoms with van der Waals surface area (Å²) in [7, 11) is 0. The van der Waals surface area contributed by atoms with Crippen molar-refractivity contribution >= 4 is 11.0 Å². The van der Waals surface area contributed by atoms with Crippen molar-refractivity contribution in [2.45, 2.75) is 0 Å². The van der Waals surface area contributed by atoms with E-state index in [9.17, 15) is 10.4 Å². The molecule has 0 aliphatic rings. The van der Waals surface area contributed by atoms with Gasteiger partial charge in [0, 0.05) is 11.3 Å². The normalized spacial score (nSPS) is 10.6. The second-order valence-corrected chi connectivity index (χ2v) is 5.50. The SMILES string of the molecule is N#Cc1cc(-c2ccc(O)cc2)c2c(c1)ncn2-c1ccccc1. The lowest BCUT2D eigenvalue weighted by molar-refractivity contribution is 0.475. The smallest absolute Gasteiger partial charge is 0.115 e. The molecule has 4 nitrogen and oxygen atoms in total. The van der Waals surface area contributed by atoms with E-state index in [1.165, 1.54) is 0 Å². The Hall–Kier alpha value is -3.58. The number of para-hydroxylation sites is 1. The molecule has 0 aliphatic carbocycles. The summed E-state index contributed by atoms with van der Waals surface area (Å²) in [5.41, 5.74) is 5.10. The van der Waals surface area contributed by atoms with Crippen LogP contribution in [-0.2, 0) is 0 Å². The van der Waals surface area contributed by atoms with Gasteiger partial charge in [0.15, 0.2) is 0 Å². The van der Waals surface area contributed by atoms with Crippen molar-refractivity contribution < 1.29 is 5.11 Å². The number of phenolic OH excluding ortho intramolecular Hbond substituents is 1. The van der Waals surface area contributed by atoms with Gasteiger partial charge < -0.3 is 5.11 Å². The van der Waals surface area contributed by atoms with Gasteiger partial charge in [-0.2, -0.15) is 5.26 Å². The fraction of sp³-hybridized carbons (Fsp3) is 0. The Balaban J connectivity index is 2.05.